The van der Waals surface area contributed by atoms with E-state index in [2.05, 4.69) is 4.90 Å². The Hall–Kier alpha value is -1.13. The lowest BCUT2D eigenvalue weighted by Gasteiger charge is -2.39. The predicted octanol–water partition coefficient (Wildman–Crippen LogP) is 1.48. The normalized spacial score (nSPS) is 35.1. The van der Waals surface area contributed by atoms with Gasteiger partial charge in [0.15, 0.2) is 0 Å². The first-order chi connectivity index (χ1) is 13.2. The molecule has 0 bridgehead atoms. The van der Waals surface area contributed by atoms with Gasteiger partial charge in [-0.15, -0.1) is 0 Å². The molecule has 5 unspecified atom stereocenters. The van der Waals surface area contributed by atoms with E-state index in [-0.39, 0.29) is 17.6 Å². The Morgan fingerprint density at radius 2 is 2.04 bits per heavy atom. The molecule has 9 heteroatoms. The lowest BCUT2D eigenvalue weighted by atomic mass is 9.93. The van der Waals surface area contributed by atoms with Gasteiger partial charge in [-0.3, -0.25) is 4.90 Å². The number of piperidine rings is 1. The van der Waals surface area contributed by atoms with Crippen molar-refractivity contribution in [3.8, 4) is 0 Å². The quantitative estimate of drug-likeness (QED) is 0.809. The number of fused-ring (bicyclic) bond motifs is 1. The molecule has 0 radical (unpaired) electrons. The van der Waals surface area contributed by atoms with Crippen molar-refractivity contribution >= 4 is 10.0 Å². The van der Waals surface area contributed by atoms with Crippen molar-refractivity contribution < 1.29 is 21.9 Å². The van der Waals surface area contributed by atoms with Gasteiger partial charge in [0, 0.05) is 43.3 Å². The number of nitrogens with zero attached hydrogens (tertiary/aromatic N) is 2. The summed E-state index contributed by atoms with van der Waals surface area (Å²) < 4.78 is 59.4. The van der Waals surface area contributed by atoms with Gasteiger partial charge < -0.3 is 10.5 Å². The van der Waals surface area contributed by atoms with Gasteiger partial charge in [0.05, 0.1) is 12.9 Å². The maximum Gasteiger partial charge on any atom is 0.211 e. The minimum atomic E-state index is -3.23. The molecule has 0 spiro atoms. The SMILES string of the molecule is CS(=O)(=O)N1CCCC2CN(C3COC(c4cc(F)ccc4F)C(N)C3)CC21. The lowest BCUT2D eigenvalue weighted by Crippen LogP contribution is -2.50. The molecule has 28 heavy (non-hydrogen) atoms. The number of hydrogen-bond acceptors (Lipinski definition) is 5. The highest BCUT2D eigenvalue weighted by atomic mass is 32.2. The van der Waals surface area contributed by atoms with Crippen molar-refractivity contribution in [3.63, 3.8) is 0 Å². The Morgan fingerprint density at radius 1 is 1.25 bits per heavy atom. The third kappa shape index (κ3) is 3.82. The molecule has 3 fully saturated rings. The Labute approximate surface area is 164 Å². The van der Waals surface area contributed by atoms with Crippen LogP contribution in [0.2, 0.25) is 0 Å². The highest BCUT2D eigenvalue weighted by Gasteiger charge is 2.45. The van der Waals surface area contributed by atoms with Crippen LogP contribution in [0.5, 0.6) is 0 Å². The first-order valence-corrected chi connectivity index (χ1v) is 11.6. The van der Waals surface area contributed by atoms with Gasteiger partial charge in [0.25, 0.3) is 0 Å². The molecular formula is C19H27F2N3O3S. The Balaban J connectivity index is 1.44. The third-order valence-electron chi connectivity index (χ3n) is 6.37. The summed E-state index contributed by atoms with van der Waals surface area (Å²) in [5.74, 6) is -0.715. The minimum absolute atomic E-state index is 0.00152. The van der Waals surface area contributed by atoms with E-state index in [1.54, 1.807) is 4.31 Å². The number of rotatable bonds is 3. The molecule has 156 valence electrons. The van der Waals surface area contributed by atoms with E-state index in [1.165, 1.54) is 6.26 Å². The van der Waals surface area contributed by atoms with Gasteiger partial charge in [-0.2, -0.15) is 4.31 Å². The van der Waals surface area contributed by atoms with Crippen LogP contribution in [0.15, 0.2) is 18.2 Å². The van der Waals surface area contributed by atoms with Crippen molar-refractivity contribution in [2.24, 2.45) is 11.7 Å². The smallest absolute Gasteiger partial charge is 0.211 e. The standard InChI is InChI=1S/C19H27F2N3O3S/c1-28(25,26)24-6-2-3-12-9-23(10-18(12)24)14-8-17(22)19(27-11-14)15-7-13(20)4-5-16(15)21/h4-5,7,12,14,17-19H,2-3,6,8-11,22H2,1H3. The summed E-state index contributed by atoms with van der Waals surface area (Å²) in [5.41, 5.74) is 6.44. The highest BCUT2D eigenvalue weighted by molar-refractivity contribution is 7.88. The zero-order chi connectivity index (χ0) is 20.1. The minimum Gasteiger partial charge on any atom is -0.370 e. The summed E-state index contributed by atoms with van der Waals surface area (Å²) in [6.45, 7) is 2.43. The first kappa shape index (κ1) is 20.2. The Morgan fingerprint density at radius 3 is 2.75 bits per heavy atom. The molecule has 3 heterocycles. The van der Waals surface area contributed by atoms with Crippen LogP contribution in [-0.2, 0) is 14.8 Å². The monoisotopic (exact) mass is 415 g/mol. The lowest BCUT2D eigenvalue weighted by molar-refractivity contribution is -0.0480. The molecule has 2 N–H and O–H groups in total. The number of hydrogen-bond donors (Lipinski definition) is 1. The molecule has 0 saturated carbocycles. The van der Waals surface area contributed by atoms with Gasteiger partial charge in [-0.25, -0.2) is 17.2 Å². The summed E-state index contributed by atoms with van der Waals surface area (Å²) in [7, 11) is -3.23. The number of ether oxygens (including phenoxy) is 1. The zero-order valence-corrected chi connectivity index (χ0v) is 16.7. The van der Waals surface area contributed by atoms with Crippen molar-refractivity contribution in [2.75, 3.05) is 32.5 Å². The van der Waals surface area contributed by atoms with Crippen molar-refractivity contribution in [1.82, 2.24) is 9.21 Å². The molecule has 5 atom stereocenters. The van der Waals surface area contributed by atoms with Crippen molar-refractivity contribution in [2.45, 2.75) is 43.5 Å². The summed E-state index contributed by atoms with van der Waals surface area (Å²) in [6.07, 6.45) is 3.09. The van der Waals surface area contributed by atoms with E-state index in [0.29, 0.717) is 32.0 Å². The maximum atomic E-state index is 14.1. The van der Waals surface area contributed by atoms with Crippen LogP contribution in [-0.4, -0.2) is 68.2 Å². The Kier molecular flexibility index (Phi) is 5.47. The summed E-state index contributed by atoms with van der Waals surface area (Å²) >= 11 is 0. The van der Waals surface area contributed by atoms with E-state index >= 15 is 0 Å². The molecule has 6 nitrogen and oxygen atoms in total. The van der Waals surface area contributed by atoms with Crippen LogP contribution in [0.4, 0.5) is 8.78 Å². The predicted molar refractivity (Wildman–Crippen MR) is 101 cm³/mol. The molecule has 3 saturated heterocycles. The summed E-state index contributed by atoms with van der Waals surface area (Å²) in [4.78, 5) is 2.26. The molecule has 4 rings (SSSR count). The van der Waals surface area contributed by atoms with Crippen LogP contribution in [0.3, 0.4) is 0 Å². The number of nitrogens with two attached hydrogens (primary N) is 1. The second-order valence-electron chi connectivity index (χ2n) is 8.27. The van der Waals surface area contributed by atoms with E-state index in [1.807, 2.05) is 0 Å². The van der Waals surface area contributed by atoms with Crippen LogP contribution in [0.1, 0.15) is 30.9 Å². The van der Waals surface area contributed by atoms with E-state index in [9.17, 15) is 17.2 Å². The molecule has 0 amide bonds. The van der Waals surface area contributed by atoms with Gasteiger partial charge in [-0.1, -0.05) is 0 Å². The summed E-state index contributed by atoms with van der Waals surface area (Å²) in [5, 5.41) is 0. The number of benzene rings is 1. The van der Waals surface area contributed by atoms with Crippen molar-refractivity contribution in [1.29, 1.82) is 0 Å². The van der Waals surface area contributed by atoms with Gasteiger partial charge in [-0.05, 0) is 43.4 Å². The van der Waals surface area contributed by atoms with Gasteiger partial charge in [0.1, 0.15) is 17.7 Å². The second-order valence-corrected chi connectivity index (χ2v) is 10.2. The highest BCUT2D eigenvalue weighted by Crippen LogP contribution is 2.36. The van der Waals surface area contributed by atoms with Crippen LogP contribution in [0, 0.1) is 17.6 Å². The fraction of sp³-hybridized carbons (Fsp3) is 0.684. The topological polar surface area (TPSA) is 75.9 Å². The summed E-state index contributed by atoms with van der Waals surface area (Å²) in [6, 6.07) is 2.92. The van der Waals surface area contributed by atoms with Crippen molar-refractivity contribution in [3.05, 3.63) is 35.4 Å². The number of halogens is 2. The molecule has 3 aliphatic heterocycles. The molecule has 3 aliphatic rings. The van der Waals surface area contributed by atoms with Crippen LogP contribution in [0.25, 0.3) is 0 Å². The van der Waals surface area contributed by atoms with Gasteiger partial charge >= 0.3 is 0 Å². The first-order valence-electron chi connectivity index (χ1n) is 9.77. The van der Waals surface area contributed by atoms with Gasteiger partial charge in [0.2, 0.25) is 10.0 Å². The number of sulfonamides is 1. The van der Waals surface area contributed by atoms with Crippen LogP contribution >= 0.6 is 0 Å². The molecular weight excluding hydrogens is 388 g/mol. The van der Waals surface area contributed by atoms with E-state index < -0.39 is 33.8 Å². The fourth-order valence-corrected chi connectivity index (χ4v) is 6.22. The van der Waals surface area contributed by atoms with E-state index in [4.69, 9.17) is 10.5 Å². The average molecular weight is 416 g/mol. The second kappa shape index (κ2) is 7.60. The maximum absolute atomic E-state index is 14.1. The van der Waals surface area contributed by atoms with E-state index in [0.717, 1.165) is 37.6 Å². The Bertz CT molecular complexity index is 838. The largest absolute Gasteiger partial charge is 0.370 e. The zero-order valence-electron chi connectivity index (χ0n) is 15.9. The fourth-order valence-electron chi connectivity index (χ4n) is 5.03. The molecule has 0 aliphatic carbocycles. The number of likely N-dealkylation sites (tertiary alicyclic amines) is 1. The average Bonchev–Trinajstić information content (AvgIpc) is 3.07. The van der Waals surface area contributed by atoms with Crippen LogP contribution < -0.4 is 5.73 Å². The molecule has 0 aromatic heterocycles. The molecule has 1 aromatic carbocycles. The third-order valence-corrected chi connectivity index (χ3v) is 7.67. The molecule has 1 aromatic rings.